The molecule has 132 valence electrons. The third kappa shape index (κ3) is 3.92. The van der Waals surface area contributed by atoms with Crippen LogP contribution in [0.2, 0.25) is 0 Å². The van der Waals surface area contributed by atoms with Crippen molar-refractivity contribution >= 4 is 39.3 Å². The van der Waals surface area contributed by atoms with Crippen LogP contribution < -0.4 is 5.73 Å². The number of nitro benzene ring substituents is 1. The number of nitrogens with two attached hydrogens (primary N) is 1. The number of aromatic amines is 1. The number of benzene rings is 2. The summed E-state index contributed by atoms with van der Waals surface area (Å²) >= 11 is 4.71. The Bertz CT molecular complexity index is 992. The van der Waals surface area contributed by atoms with Crippen molar-refractivity contribution in [2.24, 2.45) is 5.73 Å². The minimum Gasteiger partial charge on any atom is -0.366 e. The number of hydrogen-bond donors (Lipinski definition) is 2. The predicted octanol–water partition coefficient (Wildman–Crippen LogP) is 3.53. The fraction of sp³-hybridized carbons (Fsp3) is 0.0625. The SMILES string of the molecule is NC(=O)c1ccc(CSc2n[nH]c(-c3ccccc3Br)n2)c([N+](=O)[O-])c1. The Kier molecular flexibility index (Phi) is 5.33. The maximum atomic E-state index is 11.2. The highest BCUT2D eigenvalue weighted by Crippen LogP contribution is 2.30. The van der Waals surface area contributed by atoms with E-state index in [4.69, 9.17) is 5.73 Å². The molecule has 3 aromatic rings. The summed E-state index contributed by atoms with van der Waals surface area (Å²) in [6, 6.07) is 11.7. The summed E-state index contributed by atoms with van der Waals surface area (Å²) in [4.78, 5) is 26.3. The Morgan fingerprint density at radius 2 is 2.08 bits per heavy atom. The molecule has 3 rings (SSSR count). The van der Waals surface area contributed by atoms with Crippen molar-refractivity contribution in [2.45, 2.75) is 10.9 Å². The molecule has 1 amide bonds. The van der Waals surface area contributed by atoms with Crippen molar-refractivity contribution in [2.75, 3.05) is 0 Å². The molecule has 0 spiro atoms. The van der Waals surface area contributed by atoms with Crippen LogP contribution in [0.5, 0.6) is 0 Å². The van der Waals surface area contributed by atoms with Gasteiger partial charge in [-0.3, -0.25) is 20.0 Å². The van der Waals surface area contributed by atoms with Gasteiger partial charge in [-0.2, -0.15) is 0 Å². The molecule has 1 heterocycles. The summed E-state index contributed by atoms with van der Waals surface area (Å²) in [6.07, 6.45) is 0. The van der Waals surface area contributed by atoms with Gasteiger partial charge in [0.15, 0.2) is 5.82 Å². The molecule has 0 aliphatic heterocycles. The second kappa shape index (κ2) is 7.67. The average Bonchev–Trinajstić information content (AvgIpc) is 3.08. The normalized spacial score (nSPS) is 10.7. The number of primary amides is 1. The maximum Gasteiger partial charge on any atom is 0.274 e. The second-order valence-corrected chi connectivity index (χ2v) is 7.00. The third-order valence-electron chi connectivity index (χ3n) is 3.52. The molecule has 0 unspecified atom stereocenters. The van der Waals surface area contributed by atoms with Gasteiger partial charge in [-0.15, -0.1) is 5.10 Å². The lowest BCUT2D eigenvalue weighted by Crippen LogP contribution is -2.11. The number of amides is 1. The molecule has 0 aliphatic carbocycles. The molecular formula is C16H12BrN5O3S. The Morgan fingerprint density at radius 3 is 2.77 bits per heavy atom. The van der Waals surface area contributed by atoms with Gasteiger partial charge in [0, 0.05) is 33.0 Å². The number of thioether (sulfide) groups is 1. The molecule has 0 fully saturated rings. The van der Waals surface area contributed by atoms with Crippen molar-refractivity contribution in [1.29, 1.82) is 0 Å². The molecule has 3 N–H and O–H groups in total. The molecule has 0 bridgehead atoms. The molecule has 10 heteroatoms. The highest BCUT2D eigenvalue weighted by molar-refractivity contribution is 9.10. The molecular weight excluding hydrogens is 422 g/mol. The summed E-state index contributed by atoms with van der Waals surface area (Å²) in [5.74, 6) is 0.167. The Hall–Kier alpha value is -2.72. The average molecular weight is 434 g/mol. The van der Waals surface area contributed by atoms with E-state index in [2.05, 4.69) is 31.1 Å². The van der Waals surface area contributed by atoms with Crippen molar-refractivity contribution in [3.8, 4) is 11.4 Å². The topological polar surface area (TPSA) is 128 Å². The molecule has 0 radical (unpaired) electrons. The van der Waals surface area contributed by atoms with Gasteiger partial charge in [0.25, 0.3) is 5.69 Å². The number of nitrogens with zero attached hydrogens (tertiary/aromatic N) is 3. The van der Waals surface area contributed by atoms with Gasteiger partial charge < -0.3 is 5.73 Å². The van der Waals surface area contributed by atoms with E-state index >= 15 is 0 Å². The monoisotopic (exact) mass is 433 g/mol. The Labute approximate surface area is 160 Å². The number of carbonyl (C=O) groups is 1. The van der Waals surface area contributed by atoms with Crippen LogP contribution in [0.1, 0.15) is 15.9 Å². The number of rotatable bonds is 6. The van der Waals surface area contributed by atoms with Gasteiger partial charge in [-0.25, -0.2) is 4.98 Å². The maximum absolute atomic E-state index is 11.2. The lowest BCUT2D eigenvalue weighted by atomic mass is 10.1. The Balaban J connectivity index is 1.79. The van der Waals surface area contributed by atoms with Gasteiger partial charge in [0.05, 0.1) is 4.92 Å². The smallest absolute Gasteiger partial charge is 0.274 e. The van der Waals surface area contributed by atoms with E-state index in [1.165, 1.54) is 30.0 Å². The number of nitrogens with one attached hydrogen (secondary N) is 1. The van der Waals surface area contributed by atoms with E-state index in [1.807, 2.05) is 24.3 Å². The number of H-pyrrole nitrogens is 1. The number of halogens is 1. The van der Waals surface area contributed by atoms with Crippen LogP contribution in [0, 0.1) is 10.1 Å². The molecule has 8 nitrogen and oxygen atoms in total. The summed E-state index contributed by atoms with van der Waals surface area (Å²) < 4.78 is 0.880. The number of nitro groups is 1. The zero-order valence-electron chi connectivity index (χ0n) is 13.2. The highest BCUT2D eigenvalue weighted by atomic mass is 79.9. The van der Waals surface area contributed by atoms with Gasteiger partial charge >= 0.3 is 0 Å². The van der Waals surface area contributed by atoms with E-state index < -0.39 is 10.8 Å². The lowest BCUT2D eigenvalue weighted by molar-refractivity contribution is -0.385. The molecule has 1 aromatic heterocycles. The van der Waals surface area contributed by atoms with Crippen LogP contribution in [-0.4, -0.2) is 26.0 Å². The van der Waals surface area contributed by atoms with E-state index in [0.29, 0.717) is 16.5 Å². The van der Waals surface area contributed by atoms with Gasteiger partial charge in [-0.1, -0.05) is 52.0 Å². The van der Waals surface area contributed by atoms with Gasteiger partial charge in [-0.05, 0) is 12.1 Å². The fourth-order valence-electron chi connectivity index (χ4n) is 2.24. The predicted molar refractivity (Wildman–Crippen MR) is 101 cm³/mol. The zero-order chi connectivity index (χ0) is 18.7. The van der Waals surface area contributed by atoms with E-state index in [0.717, 1.165) is 10.0 Å². The number of hydrogen-bond acceptors (Lipinski definition) is 6. The van der Waals surface area contributed by atoms with Crippen LogP contribution in [0.15, 0.2) is 52.1 Å². The molecule has 2 aromatic carbocycles. The summed E-state index contributed by atoms with van der Waals surface area (Å²) in [5.41, 5.74) is 6.43. The first-order chi connectivity index (χ1) is 12.5. The van der Waals surface area contributed by atoms with Gasteiger partial charge in [0.1, 0.15) is 0 Å². The standard InChI is InChI=1S/C16H12BrN5O3S/c17-12-4-2-1-3-11(12)15-19-16(21-20-15)26-8-10-6-5-9(14(18)23)7-13(10)22(24)25/h1-7H,8H2,(H2,18,23)(H,19,20,21). The van der Waals surface area contributed by atoms with Crippen molar-refractivity contribution < 1.29 is 9.72 Å². The summed E-state index contributed by atoms with van der Waals surface area (Å²) in [7, 11) is 0. The molecule has 0 saturated carbocycles. The van der Waals surface area contributed by atoms with Crippen molar-refractivity contribution in [3.63, 3.8) is 0 Å². The van der Waals surface area contributed by atoms with Crippen LogP contribution in [0.3, 0.4) is 0 Å². The second-order valence-electron chi connectivity index (χ2n) is 5.20. The number of carbonyl (C=O) groups excluding carboxylic acids is 1. The van der Waals surface area contributed by atoms with E-state index in [1.54, 1.807) is 0 Å². The van der Waals surface area contributed by atoms with Gasteiger partial charge in [0.2, 0.25) is 11.1 Å². The van der Waals surface area contributed by atoms with Crippen molar-refractivity contribution in [1.82, 2.24) is 15.2 Å². The quantitative estimate of drug-likeness (QED) is 0.347. The van der Waals surface area contributed by atoms with Crippen LogP contribution in [0.4, 0.5) is 5.69 Å². The van der Waals surface area contributed by atoms with Crippen LogP contribution >= 0.6 is 27.7 Å². The summed E-state index contributed by atoms with van der Waals surface area (Å²) in [5, 5.41) is 18.7. The minimum absolute atomic E-state index is 0.0968. The van der Waals surface area contributed by atoms with Crippen LogP contribution in [-0.2, 0) is 5.75 Å². The van der Waals surface area contributed by atoms with Crippen LogP contribution in [0.25, 0.3) is 11.4 Å². The third-order valence-corrected chi connectivity index (χ3v) is 5.10. The molecule has 0 aliphatic rings. The molecule has 0 atom stereocenters. The fourth-order valence-corrected chi connectivity index (χ4v) is 3.50. The number of aromatic nitrogens is 3. The minimum atomic E-state index is -0.709. The summed E-state index contributed by atoms with van der Waals surface area (Å²) in [6.45, 7) is 0. The van der Waals surface area contributed by atoms with E-state index in [-0.39, 0.29) is 17.0 Å². The van der Waals surface area contributed by atoms with E-state index in [9.17, 15) is 14.9 Å². The molecule has 0 saturated heterocycles. The first-order valence-corrected chi connectivity index (χ1v) is 9.11. The Morgan fingerprint density at radius 1 is 1.31 bits per heavy atom. The largest absolute Gasteiger partial charge is 0.366 e. The van der Waals surface area contributed by atoms with Crippen molar-refractivity contribution in [3.05, 3.63) is 68.2 Å². The molecule has 26 heavy (non-hydrogen) atoms. The highest BCUT2D eigenvalue weighted by Gasteiger charge is 2.17. The first-order valence-electron chi connectivity index (χ1n) is 7.33. The lowest BCUT2D eigenvalue weighted by Gasteiger charge is -2.03. The zero-order valence-corrected chi connectivity index (χ0v) is 15.6. The first kappa shape index (κ1) is 18.1.